The molecule has 0 aromatic heterocycles. The van der Waals surface area contributed by atoms with Crippen LogP contribution in [0.2, 0.25) is 0 Å². The number of carbonyl (C=O) groups is 3. The fourth-order valence-electron chi connectivity index (χ4n) is 6.37. The molecule has 1 saturated heterocycles. The van der Waals surface area contributed by atoms with Crippen molar-refractivity contribution in [3.8, 4) is 0 Å². The van der Waals surface area contributed by atoms with Crippen LogP contribution < -0.4 is 10.6 Å². The molecule has 2 heterocycles. The van der Waals surface area contributed by atoms with Crippen LogP contribution in [0.4, 0.5) is 4.79 Å². The number of carbonyl (C=O) groups excluding carboxylic acids is 3. The molecular weight excluding hydrogens is 476 g/mol. The third-order valence-electron chi connectivity index (χ3n) is 8.48. The lowest BCUT2D eigenvalue weighted by atomic mass is 9.97. The minimum Gasteiger partial charge on any atom is -0.356 e. The number of nitrogens with one attached hydrogen (secondary N) is 2. The minimum absolute atomic E-state index is 0.0155. The van der Waals surface area contributed by atoms with Gasteiger partial charge in [-0.3, -0.25) is 9.59 Å². The maximum Gasteiger partial charge on any atom is 0.317 e. The first kappa shape index (κ1) is 26.3. The summed E-state index contributed by atoms with van der Waals surface area (Å²) >= 11 is 0. The van der Waals surface area contributed by atoms with Gasteiger partial charge in [0, 0.05) is 44.7 Å². The summed E-state index contributed by atoms with van der Waals surface area (Å²) in [5.74, 6) is -0.503. The van der Waals surface area contributed by atoms with Crippen LogP contribution in [0.5, 0.6) is 0 Å². The second-order valence-electron chi connectivity index (χ2n) is 11.0. The number of amides is 4. The molecule has 5 rings (SSSR count). The van der Waals surface area contributed by atoms with E-state index >= 15 is 0 Å². The van der Waals surface area contributed by atoms with Crippen molar-refractivity contribution in [1.29, 1.82) is 0 Å². The summed E-state index contributed by atoms with van der Waals surface area (Å²) in [7, 11) is 0. The molecule has 2 fully saturated rings. The molecule has 38 heavy (non-hydrogen) atoms. The highest BCUT2D eigenvalue weighted by Crippen LogP contribution is 2.37. The highest BCUT2D eigenvalue weighted by molar-refractivity contribution is 5.85. The minimum atomic E-state index is -0.362. The zero-order valence-corrected chi connectivity index (χ0v) is 22.2. The molecule has 2 N–H and O–H groups in total. The molecule has 7 nitrogen and oxygen atoms in total. The number of rotatable bonds is 4. The van der Waals surface area contributed by atoms with Crippen LogP contribution >= 0.6 is 0 Å². The summed E-state index contributed by atoms with van der Waals surface area (Å²) in [6, 6.07) is 18.0. The lowest BCUT2D eigenvalue weighted by Crippen LogP contribution is -2.51. The number of hydrogen-bond acceptors (Lipinski definition) is 3. The van der Waals surface area contributed by atoms with Gasteiger partial charge < -0.3 is 20.4 Å². The first-order valence-corrected chi connectivity index (χ1v) is 14.3. The highest BCUT2D eigenvalue weighted by atomic mass is 16.2. The van der Waals surface area contributed by atoms with E-state index in [9.17, 15) is 14.4 Å². The van der Waals surface area contributed by atoms with Crippen LogP contribution in [-0.2, 0) is 29.0 Å². The summed E-state index contributed by atoms with van der Waals surface area (Å²) < 4.78 is 0. The Kier molecular flexibility index (Phi) is 8.61. The van der Waals surface area contributed by atoms with Gasteiger partial charge in [0.1, 0.15) is 0 Å². The molecule has 2 aromatic rings. The van der Waals surface area contributed by atoms with Crippen LogP contribution in [0.3, 0.4) is 0 Å². The molecule has 2 aromatic carbocycles. The molecule has 0 unspecified atom stereocenters. The first-order chi connectivity index (χ1) is 18.6. The van der Waals surface area contributed by atoms with Crippen molar-refractivity contribution in [2.75, 3.05) is 26.2 Å². The maximum atomic E-state index is 13.7. The summed E-state index contributed by atoms with van der Waals surface area (Å²) in [6.45, 7) is 3.14. The van der Waals surface area contributed by atoms with E-state index in [0.29, 0.717) is 45.6 Å². The lowest BCUT2D eigenvalue weighted by Gasteiger charge is -2.33. The Hall–Kier alpha value is -3.35. The highest BCUT2D eigenvalue weighted by Gasteiger charge is 2.46. The average Bonchev–Trinajstić information content (AvgIpc) is 3.38. The monoisotopic (exact) mass is 516 g/mol. The van der Waals surface area contributed by atoms with Crippen molar-refractivity contribution >= 4 is 17.8 Å². The SMILES string of the molecule is O=C1NCCCCCCN(C(=O)NCCc2ccccc2)[C@H]2C[C@H](C(=O)N3CCc4ccccc4C3)C[C@@H]12. The molecule has 3 aliphatic rings. The zero-order chi connectivity index (χ0) is 26.3. The average molecular weight is 517 g/mol. The normalized spacial score (nSPS) is 24.0. The van der Waals surface area contributed by atoms with E-state index in [1.807, 2.05) is 34.1 Å². The van der Waals surface area contributed by atoms with E-state index in [4.69, 9.17) is 0 Å². The molecule has 4 amide bonds. The van der Waals surface area contributed by atoms with Gasteiger partial charge in [0.05, 0.1) is 5.92 Å². The van der Waals surface area contributed by atoms with Gasteiger partial charge in [-0.2, -0.15) is 0 Å². The third-order valence-corrected chi connectivity index (χ3v) is 8.48. The second kappa shape index (κ2) is 12.5. The van der Waals surface area contributed by atoms with Gasteiger partial charge in [0.2, 0.25) is 11.8 Å². The van der Waals surface area contributed by atoms with Crippen molar-refractivity contribution in [3.63, 3.8) is 0 Å². The van der Waals surface area contributed by atoms with Crippen LogP contribution in [0, 0.1) is 11.8 Å². The number of hydrogen-bond donors (Lipinski definition) is 2. The van der Waals surface area contributed by atoms with Gasteiger partial charge in [-0.05, 0) is 55.2 Å². The first-order valence-electron chi connectivity index (χ1n) is 14.3. The zero-order valence-electron chi connectivity index (χ0n) is 22.2. The molecule has 3 atom stereocenters. The van der Waals surface area contributed by atoms with Crippen LogP contribution in [0.15, 0.2) is 54.6 Å². The largest absolute Gasteiger partial charge is 0.356 e. The van der Waals surface area contributed by atoms with Crippen molar-refractivity contribution in [1.82, 2.24) is 20.4 Å². The summed E-state index contributed by atoms with van der Waals surface area (Å²) in [6.07, 6.45) is 6.58. The number of urea groups is 1. The predicted octanol–water partition coefficient (Wildman–Crippen LogP) is 3.91. The predicted molar refractivity (Wildman–Crippen MR) is 147 cm³/mol. The fraction of sp³-hybridized carbons (Fsp3) is 0.516. The van der Waals surface area contributed by atoms with E-state index in [2.05, 4.69) is 41.0 Å². The summed E-state index contributed by atoms with van der Waals surface area (Å²) in [5, 5.41) is 6.21. The fourth-order valence-corrected chi connectivity index (χ4v) is 6.37. The topological polar surface area (TPSA) is 81.8 Å². The third kappa shape index (κ3) is 6.20. The molecule has 0 radical (unpaired) electrons. The lowest BCUT2D eigenvalue weighted by molar-refractivity contribution is -0.136. The van der Waals surface area contributed by atoms with E-state index in [0.717, 1.165) is 38.5 Å². The Morgan fingerprint density at radius 3 is 2.50 bits per heavy atom. The molecule has 202 valence electrons. The quantitative estimate of drug-likeness (QED) is 0.647. The molecule has 0 bridgehead atoms. The molecule has 0 spiro atoms. The van der Waals surface area contributed by atoms with E-state index in [1.165, 1.54) is 16.7 Å². The van der Waals surface area contributed by atoms with Gasteiger partial charge in [0.25, 0.3) is 0 Å². The number of fused-ring (bicyclic) bond motifs is 2. The van der Waals surface area contributed by atoms with Gasteiger partial charge in [-0.15, -0.1) is 0 Å². The molecule has 1 saturated carbocycles. The van der Waals surface area contributed by atoms with Crippen LogP contribution in [0.25, 0.3) is 0 Å². The molecule has 2 aliphatic heterocycles. The van der Waals surface area contributed by atoms with Gasteiger partial charge in [0.15, 0.2) is 0 Å². The van der Waals surface area contributed by atoms with Crippen molar-refractivity contribution in [2.24, 2.45) is 11.8 Å². The maximum absolute atomic E-state index is 13.7. The Morgan fingerprint density at radius 2 is 1.66 bits per heavy atom. The Bertz CT molecular complexity index is 1120. The van der Waals surface area contributed by atoms with Crippen LogP contribution in [-0.4, -0.2) is 59.9 Å². The Balaban J connectivity index is 1.29. The van der Waals surface area contributed by atoms with Gasteiger partial charge in [-0.1, -0.05) is 67.4 Å². The molecule has 1 aliphatic carbocycles. The van der Waals surface area contributed by atoms with E-state index in [1.54, 1.807) is 0 Å². The van der Waals surface area contributed by atoms with Gasteiger partial charge >= 0.3 is 6.03 Å². The number of benzene rings is 2. The van der Waals surface area contributed by atoms with Crippen molar-refractivity contribution in [2.45, 2.75) is 64.0 Å². The molecular formula is C31H40N4O3. The standard InChI is InChI=1S/C31H40N4O3/c36-29-27-20-26(30(37)34-19-15-24-12-6-7-13-25(24)22-34)21-28(27)35(18-9-2-1-8-16-32-29)31(38)33-17-14-23-10-4-3-5-11-23/h3-7,10-13,26-28H,1-2,8-9,14-22H2,(H,32,36)(H,33,38)/t26-,27-,28+/m1/s1. The Labute approximate surface area is 226 Å². The molecule has 7 heteroatoms. The second-order valence-corrected chi connectivity index (χ2v) is 11.0. The van der Waals surface area contributed by atoms with Crippen LogP contribution in [0.1, 0.15) is 55.2 Å². The summed E-state index contributed by atoms with van der Waals surface area (Å²) in [5.41, 5.74) is 3.69. The Morgan fingerprint density at radius 1 is 0.895 bits per heavy atom. The number of nitrogens with zero attached hydrogens (tertiary/aromatic N) is 2. The van der Waals surface area contributed by atoms with E-state index < -0.39 is 0 Å². The van der Waals surface area contributed by atoms with E-state index in [-0.39, 0.29) is 35.7 Å². The summed E-state index contributed by atoms with van der Waals surface area (Å²) in [4.78, 5) is 44.3. The van der Waals surface area contributed by atoms with Crippen molar-refractivity contribution < 1.29 is 14.4 Å². The smallest absolute Gasteiger partial charge is 0.317 e. The van der Waals surface area contributed by atoms with Crippen molar-refractivity contribution in [3.05, 3.63) is 71.3 Å². The van der Waals surface area contributed by atoms with Gasteiger partial charge in [-0.25, -0.2) is 4.79 Å².